The summed E-state index contributed by atoms with van der Waals surface area (Å²) >= 11 is 18.3. The van der Waals surface area contributed by atoms with Crippen molar-refractivity contribution in [2.75, 3.05) is 6.61 Å². The standard InChI is InChI=1S/C23H26Cl3N3O7S/c1-11-9-14(20(33)35-10-23(24,25)26)29-18(32)16(19(29)37-11)27-17(31)15(12-5-7-13(30)8-6-12)28-21(34)36-22(2,3)4/h5-9,11,15-16,19,30H,10H2,1-4H3,(H,27,31)(H,28,34)/t11?,15?,16?,19-/m1/s1. The topological polar surface area (TPSA) is 134 Å². The van der Waals surface area contributed by atoms with Crippen molar-refractivity contribution in [3.8, 4) is 5.75 Å². The molecule has 1 aromatic carbocycles. The van der Waals surface area contributed by atoms with Crippen LogP contribution in [0.2, 0.25) is 0 Å². The van der Waals surface area contributed by atoms with Gasteiger partial charge in [-0.3, -0.25) is 14.5 Å². The number of aromatic hydroxyl groups is 1. The second-order valence-electron chi connectivity index (χ2n) is 9.34. The average molecular weight is 595 g/mol. The molecule has 2 aliphatic heterocycles. The molecule has 4 atom stereocenters. The molecule has 1 fully saturated rings. The van der Waals surface area contributed by atoms with Crippen molar-refractivity contribution in [3.63, 3.8) is 0 Å². The summed E-state index contributed by atoms with van der Waals surface area (Å²) in [6, 6.07) is 3.44. The lowest BCUT2D eigenvalue weighted by atomic mass is 10.0. The molecule has 3 N–H and O–H groups in total. The van der Waals surface area contributed by atoms with E-state index in [1.165, 1.54) is 40.9 Å². The third kappa shape index (κ3) is 7.59. The lowest BCUT2D eigenvalue weighted by molar-refractivity contribution is -0.153. The fraction of sp³-hybridized carbons (Fsp3) is 0.478. The number of amides is 3. The van der Waals surface area contributed by atoms with Crippen molar-refractivity contribution in [1.29, 1.82) is 0 Å². The number of ether oxygens (including phenoxy) is 2. The number of hydrogen-bond donors (Lipinski definition) is 3. The van der Waals surface area contributed by atoms with Gasteiger partial charge in [0.1, 0.15) is 41.1 Å². The summed E-state index contributed by atoms with van der Waals surface area (Å²) in [4.78, 5) is 52.5. The lowest BCUT2D eigenvalue weighted by Gasteiger charge is -2.50. The van der Waals surface area contributed by atoms with E-state index in [0.29, 0.717) is 5.56 Å². The Bertz CT molecular complexity index is 1100. The van der Waals surface area contributed by atoms with Crippen LogP contribution in [0, 0.1) is 0 Å². The van der Waals surface area contributed by atoms with Gasteiger partial charge in [-0.15, -0.1) is 11.8 Å². The minimum atomic E-state index is -1.81. The van der Waals surface area contributed by atoms with E-state index in [4.69, 9.17) is 44.3 Å². The minimum Gasteiger partial charge on any atom is -0.508 e. The maximum Gasteiger partial charge on any atom is 0.408 e. The number of carbonyl (C=O) groups excluding carboxylic acids is 4. The molecule has 1 aromatic rings. The number of nitrogens with one attached hydrogen (secondary N) is 2. The summed E-state index contributed by atoms with van der Waals surface area (Å²) in [5, 5.41) is 14.0. The zero-order chi connectivity index (χ0) is 27.7. The van der Waals surface area contributed by atoms with Gasteiger partial charge in [-0.25, -0.2) is 9.59 Å². The monoisotopic (exact) mass is 593 g/mol. The van der Waals surface area contributed by atoms with Crippen LogP contribution in [0.3, 0.4) is 0 Å². The van der Waals surface area contributed by atoms with Crippen LogP contribution in [0.15, 0.2) is 36.0 Å². The molecule has 0 radical (unpaired) electrons. The SMILES string of the molecule is CC1C=C(C(=O)OCC(Cl)(Cl)Cl)N2C(=O)C(NC(=O)C(NC(=O)OC(C)(C)C)c3ccc(O)cc3)[C@H]2S1. The van der Waals surface area contributed by atoms with E-state index in [1.54, 1.807) is 26.8 Å². The predicted molar refractivity (Wildman–Crippen MR) is 139 cm³/mol. The first-order valence-corrected chi connectivity index (χ1v) is 13.2. The van der Waals surface area contributed by atoms with Crippen molar-refractivity contribution in [2.24, 2.45) is 0 Å². The van der Waals surface area contributed by atoms with Gasteiger partial charge in [0, 0.05) is 5.25 Å². The maximum atomic E-state index is 13.3. The summed E-state index contributed by atoms with van der Waals surface area (Å²) in [6.45, 7) is 6.33. The van der Waals surface area contributed by atoms with E-state index in [1.807, 2.05) is 6.92 Å². The Hall–Kier alpha value is -2.34. The van der Waals surface area contributed by atoms with Crippen LogP contribution in [0.25, 0.3) is 0 Å². The molecule has 0 bridgehead atoms. The highest BCUT2D eigenvalue weighted by atomic mass is 35.6. The van der Waals surface area contributed by atoms with Gasteiger partial charge < -0.3 is 25.2 Å². The van der Waals surface area contributed by atoms with Crippen molar-refractivity contribution < 1.29 is 33.8 Å². The van der Waals surface area contributed by atoms with Crippen LogP contribution >= 0.6 is 46.6 Å². The Morgan fingerprint density at radius 2 is 1.78 bits per heavy atom. The predicted octanol–water partition coefficient (Wildman–Crippen LogP) is 3.54. The average Bonchev–Trinajstić information content (AvgIpc) is 2.77. The quantitative estimate of drug-likeness (QED) is 0.259. The summed E-state index contributed by atoms with van der Waals surface area (Å²) in [6.07, 6.45) is 0.714. The van der Waals surface area contributed by atoms with Gasteiger partial charge >= 0.3 is 12.1 Å². The number of fused-ring (bicyclic) bond motifs is 1. The number of hydrogen-bond acceptors (Lipinski definition) is 8. The minimum absolute atomic E-state index is 0.0111. The molecular weight excluding hydrogens is 569 g/mol. The van der Waals surface area contributed by atoms with Gasteiger partial charge in [0.05, 0.1) is 0 Å². The van der Waals surface area contributed by atoms with Gasteiger partial charge in [0.25, 0.3) is 5.91 Å². The number of alkyl carbamates (subject to hydrolysis) is 1. The number of esters is 1. The van der Waals surface area contributed by atoms with E-state index in [2.05, 4.69) is 10.6 Å². The molecule has 0 aromatic heterocycles. The number of alkyl halides is 3. The molecule has 3 amide bonds. The molecule has 3 rings (SSSR count). The van der Waals surface area contributed by atoms with Crippen LogP contribution in [-0.2, 0) is 23.9 Å². The van der Waals surface area contributed by atoms with Gasteiger partial charge in [-0.05, 0) is 51.5 Å². The number of β-lactam (4-membered cyclic amide) rings is 1. The van der Waals surface area contributed by atoms with E-state index < -0.39 is 57.3 Å². The Morgan fingerprint density at radius 1 is 1.16 bits per heavy atom. The maximum absolute atomic E-state index is 13.3. The van der Waals surface area contributed by atoms with Crippen molar-refractivity contribution >= 4 is 70.4 Å². The largest absolute Gasteiger partial charge is 0.508 e. The van der Waals surface area contributed by atoms with E-state index in [9.17, 15) is 24.3 Å². The van der Waals surface area contributed by atoms with Gasteiger partial charge in [0.15, 0.2) is 0 Å². The molecule has 0 saturated carbocycles. The van der Waals surface area contributed by atoms with Crippen molar-refractivity contribution in [3.05, 3.63) is 41.6 Å². The zero-order valence-electron chi connectivity index (χ0n) is 20.3. The molecule has 0 aliphatic carbocycles. The molecule has 2 aliphatic rings. The summed E-state index contributed by atoms with van der Waals surface area (Å²) in [5.41, 5.74) is -0.472. The number of phenols is 1. The molecular formula is C23H26Cl3N3O7S. The molecule has 37 heavy (non-hydrogen) atoms. The lowest BCUT2D eigenvalue weighted by Crippen LogP contribution is -2.71. The smallest absolute Gasteiger partial charge is 0.408 e. The number of rotatable bonds is 6. The molecule has 10 nitrogen and oxygen atoms in total. The number of nitrogens with zero attached hydrogens (tertiary/aromatic N) is 1. The highest BCUT2D eigenvalue weighted by Crippen LogP contribution is 2.41. The van der Waals surface area contributed by atoms with Gasteiger partial charge in [-0.1, -0.05) is 46.9 Å². The number of phenolic OH excluding ortho intramolecular Hbond substituents is 1. The van der Waals surface area contributed by atoms with Crippen LogP contribution in [0.1, 0.15) is 39.3 Å². The van der Waals surface area contributed by atoms with Crippen LogP contribution < -0.4 is 10.6 Å². The summed E-state index contributed by atoms with van der Waals surface area (Å²) in [7, 11) is 0. The number of thioether (sulfide) groups is 1. The van der Waals surface area contributed by atoms with Crippen LogP contribution in [0.4, 0.5) is 4.79 Å². The zero-order valence-corrected chi connectivity index (χ0v) is 23.4. The molecule has 0 spiro atoms. The first-order chi connectivity index (χ1) is 17.1. The highest BCUT2D eigenvalue weighted by molar-refractivity contribution is 8.00. The highest BCUT2D eigenvalue weighted by Gasteiger charge is 2.54. The molecule has 14 heteroatoms. The number of halogens is 3. The molecule has 202 valence electrons. The van der Waals surface area contributed by atoms with Gasteiger partial charge in [0.2, 0.25) is 9.70 Å². The van der Waals surface area contributed by atoms with Crippen LogP contribution in [-0.4, -0.2) is 66.5 Å². The van der Waals surface area contributed by atoms with E-state index >= 15 is 0 Å². The van der Waals surface area contributed by atoms with Crippen LogP contribution in [0.5, 0.6) is 5.75 Å². The second kappa shape index (κ2) is 11.2. The second-order valence-corrected chi connectivity index (χ2v) is 13.4. The molecule has 3 unspecified atom stereocenters. The van der Waals surface area contributed by atoms with E-state index in [0.717, 1.165) is 0 Å². The third-order valence-corrected chi connectivity index (χ3v) is 6.73. The van der Waals surface area contributed by atoms with Gasteiger partial charge in [-0.2, -0.15) is 0 Å². The summed E-state index contributed by atoms with van der Waals surface area (Å²) in [5.74, 6) is -2.09. The summed E-state index contributed by atoms with van der Waals surface area (Å²) < 4.78 is 8.48. The first-order valence-electron chi connectivity index (χ1n) is 11.1. The van der Waals surface area contributed by atoms with Crippen molar-refractivity contribution in [2.45, 2.75) is 59.8 Å². The molecule has 2 heterocycles. The first kappa shape index (κ1) is 29.2. The normalized spacial score (nSPS) is 22.1. The number of benzene rings is 1. The molecule has 1 saturated heterocycles. The Labute approximate surface area is 232 Å². The Kier molecular flexibility index (Phi) is 8.83. The van der Waals surface area contributed by atoms with Crippen molar-refractivity contribution in [1.82, 2.24) is 15.5 Å². The fourth-order valence-corrected chi connectivity index (χ4v) is 5.06. The fourth-order valence-electron chi connectivity index (χ4n) is 3.57. The number of carbonyl (C=O) groups is 4. The Morgan fingerprint density at radius 3 is 2.35 bits per heavy atom. The Balaban J connectivity index is 1.76. The van der Waals surface area contributed by atoms with E-state index in [-0.39, 0.29) is 16.7 Å². The third-order valence-electron chi connectivity index (χ3n) is 5.07.